The molecule has 8 aromatic heterocycles. The predicted molar refractivity (Wildman–Crippen MR) is 334 cm³/mol. The monoisotopic (exact) mass is 1060 g/mol. The first-order valence-electron chi connectivity index (χ1n) is 28.2. The first-order valence-corrected chi connectivity index (χ1v) is 28.2. The molecule has 1 fully saturated rings. The molecule has 15 rings (SSSR count). The fourth-order valence-corrected chi connectivity index (χ4v) is 12.1. The van der Waals surface area contributed by atoms with Gasteiger partial charge in [-0.1, -0.05) is 60.7 Å². The molecule has 10 heteroatoms. The van der Waals surface area contributed by atoms with E-state index in [-0.39, 0.29) is 12.1 Å². The number of hydrogen-bond donors (Lipinski definition) is 4. The van der Waals surface area contributed by atoms with E-state index in [2.05, 4.69) is 284 Å². The quantitative estimate of drug-likeness (QED) is 0.113. The Hall–Kier alpha value is -10.6. The lowest BCUT2D eigenvalue weighted by Gasteiger charge is -2.25. The zero-order chi connectivity index (χ0) is 54.3. The fourth-order valence-electron chi connectivity index (χ4n) is 12.1. The van der Waals surface area contributed by atoms with Crippen molar-refractivity contribution in [3.8, 4) is 0 Å². The molecule has 2 aromatic carbocycles. The summed E-state index contributed by atoms with van der Waals surface area (Å²) in [5.41, 5.74) is 24.1. The van der Waals surface area contributed by atoms with Crippen LogP contribution in [0, 0.1) is 0 Å². The molecule has 392 valence electrons. The highest BCUT2D eigenvalue weighted by atomic mass is 15.0. The minimum absolute atomic E-state index is 0.286. The maximum atomic E-state index is 5.03. The molecule has 0 atom stereocenters. The van der Waals surface area contributed by atoms with Crippen molar-refractivity contribution in [2.45, 2.75) is 37.8 Å². The van der Waals surface area contributed by atoms with Gasteiger partial charge in [-0.25, -0.2) is 19.9 Å². The van der Waals surface area contributed by atoms with E-state index < -0.39 is 0 Å². The summed E-state index contributed by atoms with van der Waals surface area (Å²) in [6, 6.07) is 65.1. The van der Waals surface area contributed by atoms with Crippen LogP contribution in [-0.4, -0.2) is 39.9 Å². The van der Waals surface area contributed by atoms with Gasteiger partial charge in [0.15, 0.2) is 24.5 Å². The molecular weight excluding hydrogens is 1000 g/mol. The summed E-state index contributed by atoms with van der Waals surface area (Å²) in [4.78, 5) is 34.5. The van der Waals surface area contributed by atoms with Crippen LogP contribution in [0.15, 0.2) is 194 Å². The average Bonchev–Trinajstić information content (AvgIpc) is 4.49. The van der Waals surface area contributed by atoms with Crippen LogP contribution in [-0.2, 0) is 0 Å². The summed E-state index contributed by atoms with van der Waals surface area (Å²) < 4.78 is 5.08. The van der Waals surface area contributed by atoms with Crippen molar-refractivity contribution in [1.82, 2.24) is 39.9 Å². The molecule has 0 amide bonds. The molecule has 16 bridgehead atoms. The predicted octanol–water partition coefficient (Wildman–Crippen LogP) is 15.7. The summed E-state index contributed by atoms with van der Waals surface area (Å²) in [6.45, 7) is 0. The first kappa shape index (κ1) is 48.5. The first-order chi connectivity index (χ1) is 40.5. The lowest BCUT2D eigenvalue weighted by Crippen LogP contribution is -2.49. The Labute approximate surface area is 474 Å². The van der Waals surface area contributed by atoms with Gasteiger partial charge in [0.25, 0.3) is 0 Å². The third-order valence-corrected chi connectivity index (χ3v) is 16.0. The zero-order valence-electron chi connectivity index (χ0n) is 44.9. The van der Waals surface area contributed by atoms with Crippen LogP contribution in [0.4, 0.5) is 0 Å². The minimum atomic E-state index is 0.286. The topological polar surface area (TPSA) is 122 Å². The van der Waals surface area contributed by atoms with Crippen molar-refractivity contribution in [3.63, 3.8) is 0 Å². The highest BCUT2D eigenvalue weighted by Crippen LogP contribution is 2.35. The number of H-pyrrole nitrogens is 4. The van der Waals surface area contributed by atoms with Crippen LogP contribution in [0.5, 0.6) is 0 Å². The number of benzene rings is 2. The third-order valence-electron chi connectivity index (χ3n) is 16.0. The number of nitrogens with zero attached hydrogens (tertiary/aromatic N) is 6. The van der Waals surface area contributed by atoms with Crippen molar-refractivity contribution in [1.29, 1.82) is 0 Å². The molecule has 10 aromatic rings. The van der Waals surface area contributed by atoms with Crippen molar-refractivity contribution in [2.24, 2.45) is 0 Å². The normalized spacial score (nSPS) is 15.8. The Balaban J connectivity index is 0.790. The molecule has 12 heterocycles. The smallest absolute Gasteiger partial charge is 0.213 e. The van der Waals surface area contributed by atoms with Gasteiger partial charge in [0.1, 0.15) is 0 Å². The Kier molecular flexibility index (Phi) is 12.4. The summed E-state index contributed by atoms with van der Waals surface area (Å²) in [7, 11) is 0. The Morgan fingerprint density at radius 2 is 0.646 bits per heavy atom. The van der Waals surface area contributed by atoms with E-state index in [1.165, 1.54) is 11.4 Å². The zero-order valence-corrected chi connectivity index (χ0v) is 44.9. The van der Waals surface area contributed by atoms with Gasteiger partial charge in [0.05, 0.1) is 56.7 Å². The maximum Gasteiger partial charge on any atom is 0.213 e. The standard InChI is InChI=1S/C72H54N10/c1-3-11-47(12-4-1)67(37-49-35-63-43-59-23-21-55(75-59)39-51-17-19-53(73-51)41-57-25-27-61(77-57)45-69(49)79-63)71-15-7-9-33-81(71)65-29-31-66(32-30-65)82-34-10-8-16-72(82)68(48-13-5-2-6-14-48)38-50-36-64-44-60-24-22-56(76-60)40-52-18-20-54(74-52)42-58-26-28-62(78-58)46-70(50)80-64/h1-28,33-46,65-66H,29-32H2,(H2,73,74,75,76,77,78,79,80)/p+2. The number of fused-ring (bicyclic) bond motifs is 16. The molecule has 4 N–H and O–H groups in total. The van der Waals surface area contributed by atoms with Gasteiger partial charge in [-0.05, 0) is 169 Å². The van der Waals surface area contributed by atoms with Gasteiger partial charge in [0.2, 0.25) is 11.4 Å². The van der Waals surface area contributed by atoms with Crippen LogP contribution in [0.1, 0.15) is 117 Å². The second kappa shape index (κ2) is 20.9. The van der Waals surface area contributed by atoms with Gasteiger partial charge in [-0.2, -0.15) is 9.13 Å². The van der Waals surface area contributed by atoms with Gasteiger partial charge in [0, 0.05) is 105 Å². The van der Waals surface area contributed by atoms with E-state index >= 15 is 0 Å². The van der Waals surface area contributed by atoms with Crippen LogP contribution in [0.3, 0.4) is 0 Å². The highest BCUT2D eigenvalue weighted by Gasteiger charge is 2.36. The minimum Gasteiger partial charge on any atom is -0.355 e. The largest absolute Gasteiger partial charge is 0.355 e. The van der Waals surface area contributed by atoms with Crippen molar-refractivity contribution < 1.29 is 9.13 Å². The van der Waals surface area contributed by atoms with E-state index in [1.807, 2.05) is 0 Å². The van der Waals surface area contributed by atoms with E-state index in [0.29, 0.717) is 0 Å². The molecule has 82 heavy (non-hydrogen) atoms. The van der Waals surface area contributed by atoms with Crippen LogP contribution in [0.2, 0.25) is 0 Å². The van der Waals surface area contributed by atoms with Gasteiger partial charge in [-0.15, -0.1) is 0 Å². The molecule has 5 aliphatic rings. The fraction of sp³-hybridized carbons (Fsp3) is 0.0833. The average molecular weight is 1060 g/mol. The van der Waals surface area contributed by atoms with Gasteiger partial charge in [-0.3, -0.25) is 0 Å². The van der Waals surface area contributed by atoms with Gasteiger partial charge < -0.3 is 19.9 Å². The molecule has 4 aliphatic heterocycles. The van der Waals surface area contributed by atoms with Crippen molar-refractivity contribution >= 4 is 116 Å². The third kappa shape index (κ3) is 10.1. The van der Waals surface area contributed by atoms with E-state index in [1.54, 1.807) is 0 Å². The van der Waals surface area contributed by atoms with E-state index in [0.717, 1.165) is 149 Å². The molecule has 10 nitrogen and oxygen atoms in total. The molecule has 0 radical (unpaired) electrons. The number of hydrogen-bond acceptors (Lipinski definition) is 4. The second-order valence-corrected chi connectivity index (χ2v) is 21.6. The van der Waals surface area contributed by atoms with Crippen molar-refractivity contribution in [2.75, 3.05) is 0 Å². The molecule has 0 spiro atoms. The lowest BCUT2D eigenvalue weighted by atomic mass is 9.88. The summed E-state index contributed by atoms with van der Waals surface area (Å²) in [6.07, 6.45) is 29.9. The Morgan fingerprint density at radius 3 is 1.00 bits per heavy atom. The maximum absolute atomic E-state index is 5.03. The number of aromatic amines is 4. The molecule has 1 aliphatic carbocycles. The molecule has 0 unspecified atom stereocenters. The Bertz CT molecular complexity index is 4400. The van der Waals surface area contributed by atoms with E-state index in [9.17, 15) is 0 Å². The Morgan fingerprint density at radius 1 is 0.329 bits per heavy atom. The summed E-state index contributed by atoms with van der Waals surface area (Å²) >= 11 is 0. The number of pyridine rings is 2. The number of rotatable bonds is 8. The SMILES string of the molecule is C1=Cc2cc3cc(/C=C(\c4ccccc4)c4cccc[n+]4C4CCC([n+]5ccccc5/C(=C/c5cc6cc7nc(cc8ccc(cc9nc(cc5[nH]6)C=C9)[nH]8)C=C7)c5ccccc5)CC4)c(cc4nc(cc5ccc(cc1n2)[nH]5)C=C4)[nH]3. The number of nitrogens with one attached hydrogen (secondary N) is 4. The summed E-state index contributed by atoms with van der Waals surface area (Å²) in [5.74, 6) is 0. The van der Waals surface area contributed by atoms with Crippen molar-refractivity contribution in [3.05, 3.63) is 274 Å². The van der Waals surface area contributed by atoms with Crippen LogP contribution < -0.4 is 9.13 Å². The van der Waals surface area contributed by atoms with Crippen LogP contribution >= 0.6 is 0 Å². The highest BCUT2D eigenvalue weighted by molar-refractivity contribution is 5.96. The summed E-state index contributed by atoms with van der Waals surface area (Å²) in [5, 5.41) is 0. The van der Waals surface area contributed by atoms with Gasteiger partial charge >= 0.3 is 0 Å². The van der Waals surface area contributed by atoms with E-state index in [4.69, 9.17) is 19.9 Å². The number of aromatic nitrogens is 10. The second-order valence-electron chi connectivity index (χ2n) is 21.6. The molecular formula is C72H56N10+2. The van der Waals surface area contributed by atoms with Crippen LogP contribution in [0.25, 0.3) is 116 Å². The lowest BCUT2D eigenvalue weighted by molar-refractivity contribution is -0.750. The molecule has 1 saturated carbocycles. The molecule has 0 saturated heterocycles.